The Labute approximate surface area is 152 Å². The molecule has 1 amide bonds. The zero-order valence-corrected chi connectivity index (χ0v) is 14.8. The summed E-state index contributed by atoms with van der Waals surface area (Å²) in [6.07, 6.45) is 9.07. The molecule has 0 bridgehead atoms. The molecule has 4 rings (SSSR count). The molecule has 0 unspecified atom stereocenters. The van der Waals surface area contributed by atoms with Crippen LogP contribution < -0.4 is 10.1 Å². The summed E-state index contributed by atoms with van der Waals surface area (Å²) in [5.74, 6) is 1.23. The molecule has 0 radical (unpaired) electrons. The van der Waals surface area contributed by atoms with E-state index in [1.807, 2.05) is 37.4 Å². The van der Waals surface area contributed by atoms with Crippen LogP contribution in [-0.4, -0.2) is 32.6 Å². The maximum absolute atomic E-state index is 12.3. The molecule has 2 heterocycles. The van der Waals surface area contributed by atoms with Crippen LogP contribution >= 0.6 is 0 Å². The van der Waals surface area contributed by atoms with Crippen LogP contribution in [0.5, 0.6) is 5.75 Å². The molecule has 1 aromatic carbocycles. The molecular weight excluding hydrogens is 328 g/mol. The van der Waals surface area contributed by atoms with Gasteiger partial charge in [-0.15, -0.1) is 0 Å². The molecule has 1 aliphatic rings. The van der Waals surface area contributed by atoms with E-state index in [-0.39, 0.29) is 18.1 Å². The number of fused-ring (bicyclic) bond motifs is 1. The number of hydrogen-bond donors (Lipinski definition) is 1. The Kier molecular flexibility index (Phi) is 4.56. The zero-order valence-electron chi connectivity index (χ0n) is 14.8. The Bertz CT molecular complexity index is 913. The van der Waals surface area contributed by atoms with Crippen molar-refractivity contribution in [2.75, 3.05) is 0 Å². The lowest BCUT2D eigenvalue weighted by molar-refractivity contribution is 0.0881. The largest absolute Gasteiger partial charge is 0.490 e. The van der Waals surface area contributed by atoms with E-state index in [9.17, 15) is 4.79 Å². The first kappa shape index (κ1) is 16.6. The molecule has 0 atom stereocenters. The average molecular weight is 350 g/mol. The highest BCUT2D eigenvalue weighted by Crippen LogP contribution is 2.26. The summed E-state index contributed by atoms with van der Waals surface area (Å²) in [6, 6.07) is 10.2. The van der Waals surface area contributed by atoms with Crippen LogP contribution in [-0.2, 0) is 7.05 Å². The Morgan fingerprint density at radius 2 is 2.00 bits per heavy atom. The number of hydrogen-bond acceptors (Lipinski definition) is 4. The summed E-state index contributed by atoms with van der Waals surface area (Å²) in [6.45, 7) is 0. The van der Waals surface area contributed by atoms with E-state index in [2.05, 4.69) is 15.3 Å². The fourth-order valence-electron chi connectivity index (χ4n) is 3.48. The lowest BCUT2D eigenvalue weighted by atomic mass is 9.93. The van der Waals surface area contributed by atoms with Gasteiger partial charge in [0.2, 0.25) is 0 Å². The molecule has 134 valence electrons. The molecule has 0 spiro atoms. The third kappa shape index (κ3) is 3.54. The quantitative estimate of drug-likeness (QED) is 0.785. The second-order valence-corrected chi connectivity index (χ2v) is 6.78. The van der Waals surface area contributed by atoms with Crippen molar-refractivity contribution in [1.29, 1.82) is 0 Å². The van der Waals surface area contributed by atoms with Gasteiger partial charge in [0.05, 0.1) is 11.6 Å². The van der Waals surface area contributed by atoms with Gasteiger partial charge in [-0.2, -0.15) is 0 Å². The van der Waals surface area contributed by atoms with Gasteiger partial charge in [-0.3, -0.25) is 9.78 Å². The number of amides is 1. The maximum atomic E-state index is 12.3. The highest BCUT2D eigenvalue weighted by Gasteiger charge is 2.25. The highest BCUT2D eigenvalue weighted by atomic mass is 16.5. The number of carbonyl (C=O) groups excluding carboxylic acids is 1. The van der Waals surface area contributed by atoms with Crippen molar-refractivity contribution in [3.05, 3.63) is 54.7 Å². The molecule has 1 aliphatic carbocycles. The standard InChI is InChI=1S/C20H22N4O2/c1-24-12-11-22-19(24)20(25)23-15-4-6-16(7-5-15)26-17-8-9-18-14(13-17)3-2-10-21-18/h2-3,8-13,15-16H,4-7H2,1H3,(H,23,25). The Morgan fingerprint density at radius 3 is 2.77 bits per heavy atom. The number of carbonyl (C=O) groups is 1. The topological polar surface area (TPSA) is 69.0 Å². The summed E-state index contributed by atoms with van der Waals surface area (Å²) in [5, 5.41) is 4.17. The molecule has 1 N–H and O–H groups in total. The van der Waals surface area contributed by atoms with Crippen LogP contribution in [0.3, 0.4) is 0 Å². The molecule has 1 saturated carbocycles. The first-order valence-corrected chi connectivity index (χ1v) is 8.98. The molecule has 0 aliphatic heterocycles. The number of aromatic nitrogens is 3. The maximum Gasteiger partial charge on any atom is 0.287 e. The van der Waals surface area contributed by atoms with Crippen LogP contribution in [0.25, 0.3) is 10.9 Å². The Hall–Kier alpha value is -2.89. The van der Waals surface area contributed by atoms with Crippen molar-refractivity contribution >= 4 is 16.8 Å². The lowest BCUT2D eigenvalue weighted by Gasteiger charge is -2.29. The van der Waals surface area contributed by atoms with E-state index >= 15 is 0 Å². The van der Waals surface area contributed by atoms with Gasteiger partial charge >= 0.3 is 0 Å². The van der Waals surface area contributed by atoms with Gasteiger partial charge < -0.3 is 14.6 Å². The van der Waals surface area contributed by atoms with E-state index < -0.39 is 0 Å². The number of imidazole rings is 1. The number of nitrogens with zero attached hydrogens (tertiary/aromatic N) is 3. The van der Waals surface area contributed by atoms with Crippen LogP contribution in [0.15, 0.2) is 48.9 Å². The summed E-state index contributed by atoms with van der Waals surface area (Å²) >= 11 is 0. The van der Waals surface area contributed by atoms with Gasteiger partial charge in [0.1, 0.15) is 5.75 Å². The molecule has 6 nitrogen and oxygen atoms in total. The third-order valence-corrected chi connectivity index (χ3v) is 4.91. The van der Waals surface area contributed by atoms with Gasteiger partial charge in [0, 0.05) is 37.1 Å². The van der Waals surface area contributed by atoms with Crippen molar-refractivity contribution in [2.45, 2.75) is 37.8 Å². The molecular formula is C20H22N4O2. The Morgan fingerprint density at radius 1 is 1.15 bits per heavy atom. The van der Waals surface area contributed by atoms with Gasteiger partial charge in [-0.05, 0) is 49.9 Å². The summed E-state index contributed by atoms with van der Waals surface area (Å²) in [5.41, 5.74) is 0.973. The average Bonchev–Trinajstić information content (AvgIpc) is 3.09. The summed E-state index contributed by atoms with van der Waals surface area (Å²) in [4.78, 5) is 20.7. The van der Waals surface area contributed by atoms with Gasteiger partial charge in [0.25, 0.3) is 5.91 Å². The van der Waals surface area contributed by atoms with E-state index in [4.69, 9.17) is 4.74 Å². The fraction of sp³-hybridized carbons (Fsp3) is 0.350. The number of ether oxygens (including phenoxy) is 1. The van der Waals surface area contributed by atoms with Crippen molar-refractivity contribution in [3.8, 4) is 5.75 Å². The zero-order chi connectivity index (χ0) is 17.9. The highest BCUT2D eigenvalue weighted by molar-refractivity contribution is 5.90. The Balaban J connectivity index is 1.31. The minimum absolute atomic E-state index is 0.108. The van der Waals surface area contributed by atoms with Crippen LogP contribution in [0.1, 0.15) is 36.3 Å². The second-order valence-electron chi connectivity index (χ2n) is 6.78. The van der Waals surface area contributed by atoms with Gasteiger partial charge in [-0.1, -0.05) is 6.07 Å². The van der Waals surface area contributed by atoms with E-state index in [0.29, 0.717) is 5.82 Å². The van der Waals surface area contributed by atoms with Crippen LogP contribution in [0.2, 0.25) is 0 Å². The molecule has 26 heavy (non-hydrogen) atoms. The van der Waals surface area contributed by atoms with Crippen molar-refractivity contribution in [2.24, 2.45) is 7.05 Å². The lowest BCUT2D eigenvalue weighted by Crippen LogP contribution is -2.40. The third-order valence-electron chi connectivity index (χ3n) is 4.91. The van der Waals surface area contributed by atoms with Crippen molar-refractivity contribution < 1.29 is 9.53 Å². The molecule has 2 aromatic heterocycles. The number of benzene rings is 1. The molecule has 3 aromatic rings. The van der Waals surface area contributed by atoms with Crippen LogP contribution in [0, 0.1) is 0 Å². The summed E-state index contributed by atoms with van der Waals surface area (Å²) in [7, 11) is 1.83. The van der Waals surface area contributed by atoms with E-state index in [1.165, 1.54) is 0 Å². The summed E-state index contributed by atoms with van der Waals surface area (Å²) < 4.78 is 7.89. The van der Waals surface area contributed by atoms with E-state index in [1.54, 1.807) is 23.2 Å². The normalized spacial score (nSPS) is 20.0. The van der Waals surface area contributed by atoms with Crippen LogP contribution in [0.4, 0.5) is 0 Å². The monoisotopic (exact) mass is 350 g/mol. The number of rotatable bonds is 4. The predicted molar refractivity (Wildman–Crippen MR) is 99.1 cm³/mol. The number of aryl methyl sites for hydroxylation is 1. The minimum atomic E-state index is -0.108. The number of nitrogens with one attached hydrogen (secondary N) is 1. The van der Waals surface area contributed by atoms with Crippen molar-refractivity contribution in [3.63, 3.8) is 0 Å². The minimum Gasteiger partial charge on any atom is -0.490 e. The molecule has 1 fully saturated rings. The fourth-order valence-corrected chi connectivity index (χ4v) is 3.48. The molecule has 6 heteroatoms. The van der Waals surface area contributed by atoms with Gasteiger partial charge in [0.15, 0.2) is 5.82 Å². The SMILES string of the molecule is Cn1ccnc1C(=O)NC1CCC(Oc2ccc3ncccc3c2)CC1. The van der Waals surface area contributed by atoms with E-state index in [0.717, 1.165) is 42.3 Å². The van der Waals surface area contributed by atoms with Gasteiger partial charge in [-0.25, -0.2) is 4.98 Å². The number of pyridine rings is 1. The smallest absolute Gasteiger partial charge is 0.287 e. The first-order chi connectivity index (χ1) is 12.7. The van der Waals surface area contributed by atoms with Crippen molar-refractivity contribution in [1.82, 2.24) is 19.9 Å². The first-order valence-electron chi connectivity index (χ1n) is 8.98. The predicted octanol–water partition coefficient (Wildman–Crippen LogP) is 3.09. The molecule has 0 saturated heterocycles. The second kappa shape index (κ2) is 7.15.